The Morgan fingerprint density at radius 2 is 2.05 bits per heavy atom. The molecule has 20 heavy (non-hydrogen) atoms. The van der Waals surface area contributed by atoms with E-state index in [1.54, 1.807) is 4.57 Å². The number of allylic oxidation sites excluding steroid dienone is 1. The summed E-state index contributed by atoms with van der Waals surface area (Å²) in [6.45, 7) is 6.14. The van der Waals surface area contributed by atoms with E-state index < -0.39 is 0 Å². The first-order valence-electron chi connectivity index (χ1n) is 6.58. The molecule has 0 aliphatic heterocycles. The molecule has 0 saturated heterocycles. The maximum atomic E-state index is 12.6. The van der Waals surface area contributed by atoms with Crippen LogP contribution in [-0.4, -0.2) is 9.55 Å². The van der Waals surface area contributed by atoms with Gasteiger partial charge < -0.3 is 4.57 Å². The van der Waals surface area contributed by atoms with Crippen molar-refractivity contribution in [2.45, 2.75) is 26.3 Å². The summed E-state index contributed by atoms with van der Waals surface area (Å²) in [5.41, 5.74) is 1.80. The number of benzene rings is 1. The van der Waals surface area contributed by atoms with Gasteiger partial charge in [0.05, 0.1) is 5.69 Å². The molecule has 0 amide bonds. The van der Waals surface area contributed by atoms with Gasteiger partial charge in [-0.05, 0) is 19.8 Å². The molecule has 1 aromatic carbocycles. The molecule has 0 N–H and O–H groups in total. The Kier molecular flexibility index (Phi) is 4.74. The lowest BCUT2D eigenvalue weighted by molar-refractivity contribution is 0.609. The molecule has 0 aliphatic carbocycles. The molecule has 0 bridgehead atoms. The van der Waals surface area contributed by atoms with E-state index in [9.17, 15) is 4.79 Å². The van der Waals surface area contributed by atoms with Crippen LogP contribution in [0, 0.1) is 6.92 Å². The van der Waals surface area contributed by atoms with Crippen molar-refractivity contribution in [1.29, 1.82) is 0 Å². The first-order valence-corrected chi connectivity index (χ1v) is 6.96. The standard InChI is InChI=1S/C16H17ClN2O/c1-3-4-8-11-19-12(2)15(17)18-14(16(19)20)13-9-6-5-7-10-13/h3,5-7,9-10H,1,4,8,11H2,2H3. The lowest BCUT2D eigenvalue weighted by atomic mass is 10.1. The number of unbranched alkanes of at least 4 members (excludes halogenated alkanes) is 1. The summed E-state index contributed by atoms with van der Waals surface area (Å²) in [6.07, 6.45) is 3.58. The van der Waals surface area contributed by atoms with Crippen LogP contribution < -0.4 is 5.56 Å². The van der Waals surface area contributed by atoms with Crippen molar-refractivity contribution in [3.63, 3.8) is 0 Å². The fourth-order valence-electron chi connectivity index (χ4n) is 2.07. The van der Waals surface area contributed by atoms with Gasteiger partial charge in [0.2, 0.25) is 0 Å². The highest BCUT2D eigenvalue weighted by atomic mass is 35.5. The van der Waals surface area contributed by atoms with E-state index in [1.165, 1.54) is 0 Å². The average Bonchev–Trinajstić information content (AvgIpc) is 2.47. The van der Waals surface area contributed by atoms with Crippen LogP contribution in [0.4, 0.5) is 0 Å². The molecule has 0 aliphatic rings. The van der Waals surface area contributed by atoms with E-state index in [0.717, 1.165) is 18.4 Å². The molecule has 0 saturated carbocycles. The Morgan fingerprint density at radius 3 is 2.70 bits per heavy atom. The van der Waals surface area contributed by atoms with Gasteiger partial charge in [-0.2, -0.15) is 0 Å². The van der Waals surface area contributed by atoms with Gasteiger partial charge in [-0.1, -0.05) is 48.0 Å². The van der Waals surface area contributed by atoms with Crippen LogP contribution >= 0.6 is 11.6 Å². The fraction of sp³-hybridized carbons (Fsp3) is 0.250. The number of nitrogens with zero attached hydrogens (tertiary/aromatic N) is 2. The van der Waals surface area contributed by atoms with E-state index in [-0.39, 0.29) is 5.56 Å². The zero-order valence-corrected chi connectivity index (χ0v) is 12.2. The third kappa shape index (κ3) is 2.99. The smallest absolute Gasteiger partial charge is 0.277 e. The van der Waals surface area contributed by atoms with Crippen molar-refractivity contribution < 1.29 is 0 Å². The summed E-state index contributed by atoms with van der Waals surface area (Å²) in [7, 11) is 0. The lowest BCUT2D eigenvalue weighted by Gasteiger charge is -2.12. The third-order valence-corrected chi connectivity index (χ3v) is 3.56. The first-order chi connectivity index (χ1) is 9.65. The van der Waals surface area contributed by atoms with Crippen LogP contribution in [0.25, 0.3) is 11.3 Å². The number of halogens is 1. The summed E-state index contributed by atoms with van der Waals surface area (Å²) in [6, 6.07) is 9.40. The van der Waals surface area contributed by atoms with Crippen molar-refractivity contribution in [1.82, 2.24) is 9.55 Å². The summed E-state index contributed by atoms with van der Waals surface area (Å²) in [5.74, 6) is 0. The van der Waals surface area contributed by atoms with E-state index >= 15 is 0 Å². The summed E-state index contributed by atoms with van der Waals surface area (Å²) in [4.78, 5) is 16.8. The second-order valence-electron chi connectivity index (χ2n) is 4.59. The largest absolute Gasteiger partial charge is 0.308 e. The molecule has 0 fully saturated rings. The fourth-order valence-corrected chi connectivity index (χ4v) is 2.25. The van der Waals surface area contributed by atoms with Gasteiger partial charge in [-0.3, -0.25) is 4.79 Å². The Bertz CT molecular complexity index is 662. The van der Waals surface area contributed by atoms with Gasteiger partial charge >= 0.3 is 0 Å². The molecule has 0 radical (unpaired) electrons. The van der Waals surface area contributed by atoms with E-state index in [2.05, 4.69) is 11.6 Å². The summed E-state index contributed by atoms with van der Waals surface area (Å²) in [5, 5.41) is 0.377. The van der Waals surface area contributed by atoms with Gasteiger partial charge in [0.25, 0.3) is 5.56 Å². The average molecular weight is 289 g/mol. The Morgan fingerprint density at radius 1 is 1.35 bits per heavy atom. The van der Waals surface area contributed by atoms with Crippen LogP contribution in [0.5, 0.6) is 0 Å². The van der Waals surface area contributed by atoms with E-state index in [1.807, 2.05) is 43.3 Å². The van der Waals surface area contributed by atoms with Crippen molar-refractivity contribution >= 4 is 11.6 Å². The second-order valence-corrected chi connectivity index (χ2v) is 4.95. The Labute approximate surface area is 123 Å². The predicted octanol–water partition coefficient (Wildman–Crippen LogP) is 3.84. The minimum Gasteiger partial charge on any atom is -0.308 e. The number of hydrogen-bond acceptors (Lipinski definition) is 2. The van der Waals surface area contributed by atoms with Crippen LogP contribution in [0.3, 0.4) is 0 Å². The molecule has 3 nitrogen and oxygen atoms in total. The summed E-state index contributed by atoms with van der Waals surface area (Å²) < 4.78 is 1.70. The molecule has 0 spiro atoms. The van der Waals surface area contributed by atoms with Crippen LogP contribution in [0.2, 0.25) is 5.15 Å². The lowest BCUT2D eigenvalue weighted by Crippen LogP contribution is -2.25. The molecule has 0 atom stereocenters. The Hall–Kier alpha value is -1.87. The molecular weight excluding hydrogens is 272 g/mol. The van der Waals surface area contributed by atoms with E-state index in [4.69, 9.17) is 11.6 Å². The third-order valence-electron chi connectivity index (χ3n) is 3.20. The van der Waals surface area contributed by atoms with E-state index in [0.29, 0.717) is 23.1 Å². The number of aromatic nitrogens is 2. The maximum Gasteiger partial charge on any atom is 0.277 e. The normalized spacial score (nSPS) is 10.5. The van der Waals surface area contributed by atoms with Gasteiger partial charge in [-0.15, -0.1) is 6.58 Å². The molecule has 104 valence electrons. The van der Waals surface area contributed by atoms with Crippen molar-refractivity contribution in [2.24, 2.45) is 0 Å². The van der Waals surface area contributed by atoms with Crippen LogP contribution in [0.15, 0.2) is 47.8 Å². The second kappa shape index (κ2) is 6.53. The quantitative estimate of drug-likeness (QED) is 0.619. The zero-order valence-electron chi connectivity index (χ0n) is 11.5. The van der Waals surface area contributed by atoms with Crippen molar-refractivity contribution in [3.8, 4) is 11.3 Å². The van der Waals surface area contributed by atoms with Gasteiger partial charge in [-0.25, -0.2) is 4.98 Å². The van der Waals surface area contributed by atoms with Crippen molar-refractivity contribution in [3.05, 3.63) is 64.2 Å². The highest BCUT2D eigenvalue weighted by molar-refractivity contribution is 6.30. The van der Waals surface area contributed by atoms with Crippen LogP contribution in [0.1, 0.15) is 18.5 Å². The minimum absolute atomic E-state index is 0.0952. The van der Waals surface area contributed by atoms with Crippen molar-refractivity contribution in [2.75, 3.05) is 0 Å². The molecule has 2 rings (SSSR count). The monoisotopic (exact) mass is 288 g/mol. The zero-order chi connectivity index (χ0) is 14.5. The molecular formula is C16H17ClN2O. The maximum absolute atomic E-state index is 12.6. The topological polar surface area (TPSA) is 34.9 Å². The van der Waals surface area contributed by atoms with Gasteiger partial charge in [0.15, 0.2) is 0 Å². The molecule has 2 aromatic rings. The first kappa shape index (κ1) is 14.5. The minimum atomic E-state index is -0.0952. The van der Waals surface area contributed by atoms with Crippen LogP contribution in [-0.2, 0) is 6.54 Å². The van der Waals surface area contributed by atoms with Gasteiger partial charge in [0.1, 0.15) is 10.8 Å². The predicted molar refractivity (Wildman–Crippen MR) is 83.1 cm³/mol. The molecule has 4 heteroatoms. The molecule has 1 aromatic heterocycles. The highest BCUT2D eigenvalue weighted by Gasteiger charge is 2.13. The Balaban J connectivity index is 2.50. The SMILES string of the molecule is C=CCCCn1c(C)c(Cl)nc(-c2ccccc2)c1=O. The number of hydrogen-bond donors (Lipinski definition) is 0. The highest BCUT2D eigenvalue weighted by Crippen LogP contribution is 2.18. The summed E-state index contributed by atoms with van der Waals surface area (Å²) >= 11 is 6.16. The molecule has 0 unspecified atom stereocenters. The van der Waals surface area contributed by atoms with Gasteiger partial charge in [0, 0.05) is 12.1 Å². The molecule has 1 heterocycles. The number of rotatable bonds is 5.